The number of primary amides is 1. The van der Waals surface area contributed by atoms with E-state index in [2.05, 4.69) is 36.8 Å². The van der Waals surface area contributed by atoms with Crippen molar-refractivity contribution >= 4 is 22.8 Å². The summed E-state index contributed by atoms with van der Waals surface area (Å²) in [6, 6.07) is 11.4. The molecular weight excluding hydrogens is 376 g/mol. The van der Waals surface area contributed by atoms with Gasteiger partial charge in [-0.2, -0.15) is 0 Å². The molecule has 1 aromatic heterocycles. The number of carbonyl (C=O) groups excluding carboxylic acids is 2. The number of hydrogen-bond acceptors (Lipinski definition) is 3. The molecule has 154 valence electrons. The molecule has 30 heavy (non-hydrogen) atoms. The van der Waals surface area contributed by atoms with Gasteiger partial charge in [-0.15, -0.1) is 0 Å². The first kappa shape index (κ1) is 18.9. The van der Waals surface area contributed by atoms with E-state index in [1.54, 1.807) is 12.4 Å². The molecule has 2 bridgehead atoms. The summed E-state index contributed by atoms with van der Waals surface area (Å²) in [5, 5.41) is 0. The second-order valence-electron chi connectivity index (χ2n) is 9.35. The average Bonchev–Trinajstić information content (AvgIpc) is 3.17. The molecule has 6 nitrogen and oxygen atoms in total. The Kier molecular flexibility index (Phi) is 3.88. The fraction of sp³-hybridized carbons (Fsp3) is 0.375. The summed E-state index contributed by atoms with van der Waals surface area (Å²) in [6.45, 7) is 7.44. The highest BCUT2D eigenvalue weighted by Crippen LogP contribution is 2.56. The van der Waals surface area contributed by atoms with Crippen LogP contribution < -0.4 is 5.73 Å². The first-order valence-corrected chi connectivity index (χ1v) is 10.4. The lowest BCUT2D eigenvalue weighted by Crippen LogP contribution is -2.65. The molecule has 6 heteroatoms. The number of nitrogens with zero attached hydrogens (tertiary/aromatic N) is 2. The molecule has 0 radical (unpaired) electrons. The maximum atomic E-state index is 13.6. The van der Waals surface area contributed by atoms with Gasteiger partial charge in [0, 0.05) is 29.1 Å². The Balaban J connectivity index is 1.60. The van der Waals surface area contributed by atoms with Crippen LogP contribution in [0.15, 0.2) is 42.7 Å². The smallest absolute Gasteiger partial charge is 0.254 e. The Morgan fingerprint density at radius 3 is 2.77 bits per heavy atom. The van der Waals surface area contributed by atoms with Crippen molar-refractivity contribution in [3.63, 3.8) is 0 Å². The largest absolute Gasteiger partial charge is 0.366 e. The molecule has 2 aliphatic rings. The number of hydrogen-bond donors (Lipinski definition) is 2. The van der Waals surface area contributed by atoms with Crippen molar-refractivity contribution in [3.05, 3.63) is 65.0 Å². The number of H-pyrrole nitrogens is 1. The lowest BCUT2D eigenvalue weighted by atomic mass is 9.50. The third-order valence-corrected chi connectivity index (χ3v) is 7.85. The number of benzene rings is 2. The van der Waals surface area contributed by atoms with Gasteiger partial charge in [0.15, 0.2) is 0 Å². The van der Waals surface area contributed by atoms with Gasteiger partial charge >= 0.3 is 0 Å². The summed E-state index contributed by atoms with van der Waals surface area (Å²) < 4.78 is 0. The molecule has 1 fully saturated rings. The zero-order chi connectivity index (χ0) is 21.3. The number of fused-ring (bicyclic) bond motifs is 5. The number of rotatable bonds is 2. The van der Waals surface area contributed by atoms with E-state index in [1.165, 1.54) is 5.56 Å². The lowest BCUT2D eigenvalue weighted by Gasteiger charge is -2.61. The third-order valence-electron chi connectivity index (χ3n) is 7.85. The van der Waals surface area contributed by atoms with E-state index in [-0.39, 0.29) is 22.8 Å². The highest BCUT2D eigenvalue weighted by Gasteiger charge is 2.57. The molecular formula is C24H26N4O2. The van der Waals surface area contributed by atoms with E-state index in [4.69, 9.17) is 5.73 Å². The molecule has 1 saturated heterocycles. The molecule has 1 aliphatic carbocycles. The van der Waals surface area contributed by atoms with E-state index in [0.717, 1.165) is 23.0 Å². The average molecular weight is 402 g/mol. The molecule has 0 saturated carbocycles. The van der Waals surface area contributed by atoms with Gasteiger partial charge < -0.3 is 15.6 Å². The van der Waals surface area contributed by atoms with E-state index >= 15 is 0 Å². The standard InChI is InChI=1S/C24H26N4O2/c1-23(2)20-12-16-15(21(25)29)5-4-6-17(16)24(23,3)9-10-28(20)22(30)14-7-8-18-19(11-14)27-13-26-18/h4-8,11,13,20H,9-10,12H2,1-3H3,(H2,25,29)(H,26,27)/t20?,24-/m0/s1. The van der Waals surface area contributed by atoms with E-state index in [1.807, 2.05) is 29.2 Å². The number of piperidine rings is 1. The Morgan fingerprint density at radius 2 is 2.00 bits per heavy atom. The Morgan fingerprint density at radius 1 is 1.20 bits per heavy atom. The van der Waals surface area contributed by atoms with Crippen molar-refractivity contribution in [1.82, 2.24) is 14.9 Å². The number of aromatic amines is 1. The molecule has 2 atom stereocenters. The van der Waals surface area contributed by atoms with Crippen LogP contribution in [0.2, 0.25) is 0 Å². The quantitative estimate of drug-likeness (QED) is 0.688. The molecule has 1 unspecified atom stereocenters. The van der Waals surface area contributed by atoms with Gasteiger partial charge in [-0.05, 0) is 53.6 Å². The Bertz CT molecular complexity index is 1190. The van der Waals surface area contributed by atoms with Crippen LogP contribution in [0.4, 0.5) is 0 Å². The number of imidazole rings is 1. The van der Waals surface area contributed by atoms with Gasteiger partial charge in [-0.25, -0.2) is 4.98 Å². The summed E-state index contributed by atoms with van der Waals surface area (Å²) >= 11 is 0. The minimum atomic E-state index is -0.407. The summed E-state index contributed by atoms with van der Waals surface area (Å²) in [4.78, 5) is 35.0. The van der Waals surface area contributed by atoms with Crippen LogP contribution in [-0.4, -0.2) is 39.3 Å². The fourth-order valence-corrected chi connectivity index (χ4v) is 5.65. The van der Waals surface area contributed by atoms with Gasteiger partial charge in [0.2, 0.25) is 5.91 Å². The number of nitrogens with one attached hydrogen (secondary N) is 1. The summed E-state index contributed by atoms with van der Waals surface area (Å²) in [7, 11) is 0. The number of amides is 2. The van der Waals surface area contributed by atoms with Crippen molar-refractivity contribution in [2.24, 2.45) is 11.1 Å². The third kappa shape index (κ3) is 2.39. The molecule has 2 aromatic carbocycles. The van der Waals surface area contributed by atoms with E-state index in [9.17, 15) is 9.59 Å². The first-order valence-electron chi connectivity index (χ1n) is 10.4. The zero-order valence-electron chi connectivity index (χ0n) is 17.5. The Hall–Kier alpha value is -3.15. The molecule has 2 amide bonds. The maximum absolute atomic E-state index is 13.6. The molecule has 3 N–H and O–H groups in total. The van der Waals surface area contributed by atoms with Crippen molar-refractivity contribution in [2.75, 3.05) is 6.54 Å². The van der Waals surface area contributed by atoms with Crippen LogP contribution in [0, 0.1) is 5.41 Å². The van der Waals surface area contributed by atoms with Gasteiger partial charge in [0.05, 0.1) is 17.4 Å². The molecule has 5 rings (SSSR count). The molecule has 1 aliphatic heterocycles. The highest BCUT2D eigenvalue weighted by molar-refractivity contribution is 5.98. The lowest BCUT2D eigenvalue weighted by molar-refractivity contribution is -0.0263. The number of aromatic nitrogens is 2. The van der Waals surface area contributed by atoms with Crippen LogP contribution in [-0.2, 0) is 11.8 Å². The topological polar surface area (TPSA) is 92.1 Å². The predicted molar refractivity (Wildman–Crippen MR) is 115 cm³/mol. The monoisotopic (exact) mass is 402 g/mol. The minimum absolute atomic E-state index is 0.0192. The molecule has 0 spiro atoms. The number of carbonyl (C=O) groups is 2. The maximum Gasteiger partial charge on any atom is 0.254 e. The van der Waals surface area contributed by atoms with Gasteiger partial charge in [-0.1, -0.05) is 32.9 Å². The van der Waals surface area contributed by atoms with Crippen molar-refractivity contribution in [2.45, 2.75) is 45.1 Å². The molecule has 3 aromatic rings. The van der Waals surface area contributed by atoms with Crippen molar-refractivity contribution in [1.29, 1.82) is 0 Å². The summed E-state index contributed by atoms with van der Waals surface area (Å²) in [5.41, 5.74) is 10.5. The van der Waals surface area contributed by atoms with E-state index in [0.29, 0.717) is 24.1 Å². The van der Waals surface area contributed by atoms with Crippen molar-refractivity contribution in [3.8, 4) is 0 Å². The van der Waals surface area contributed by atoms with Crippen LogP contribution >= 0.6 is 0 Å². The molecule has 2 heterocycles. The van der Waals surface area contributed by atoms with Gasteiger partial charge in [0.1, 0.15) is 0 Å². The van der Waals surface area contributed by atoms with Crippen LogP contribution in [0.25, 0.3) is 11.0 Å². The normalized spacial score (nSPS) is 24.5. The van der Waals surface area contributed by atoms with Gasteiger partial charge in [-0.3, -0.25) is 9.59 Å². The van der Waals surface area contributed by atoms with Crippen LogP contribution in [0.1, 0.15) is 59.0 Å². The van der Waals surface area contributed by atoms with E-state index < -0.39 is 5.91 Å². The zero-order valence-corrected chi connectivity index (χ0v) is 17.5. The highest BCUT2D eigenvalue weighted by atomic mass is 16.2. The van der Waals surface area contributed by atoms with Crippen molar-refractivity contribution < 1.29 is 9.59 Å². The Labute approximate surface area is 175 Å². The minimum Gasteiger partial charge on any atom is -0.366 e. The summed E-state index contributed by atoms with van der Waals surface area (Å²) in [5.74, 6) is -0.387. The summed E-state index contributed by atoms with van der Waals surface area (Å²) in [6.07, 6.45) is 3.11. The SMILES string of the molecule is CC1(C)C2Cc3c(C(N)=O)cccc3[C@]1(C)CCN2C(=O)c1ccc2nc[nH]c2c1. The first-order chi connectivity index (χ1) is 14.2. The fourth-order valence-electron chi connectivity index (χ4n) is 5.65. The number of likely N-dealkylation sites (tertiary alicyclic amines) is 1. The number of nitrogens with two attached hydrogens (primary N) is 1. The predicted octanol–water partition coefficient (Wildman–Crippen LogP) is 3.42. The second kappa shape index (κ2) is 6.17. The van der Waals surface area contributed by atoms with Gasteiger partial charge in [0.25, 0.3) is 5.91 Å². The van der Waals surface area contributed by atoms with Crippen LogP contribution in [0.5, 0.6) is 0 Å². The van der Waals surface area contributed by atoms with Crippen LogP contribution in [0.3, 0.4) is 0 Å². The second-order valence-corrected chi connectivity index (χ2v) is 9.35.